The lowest BCUT2D eigenvalue weighted by molar-refractivity contribution is -0.140. The van der Waals surface area contributed by atoms with Crippen molar-refractivity contribution >= 4 is 18.2 Å². The van der Waals surface area contributed by atoms with Crippen molar-refractivity contribution in [3.8, 4) is 0 Å². The number of rotatable bonds is 2. The van der Waals surface area contributed by atoms with E-state index in [1.54, 1.807) is 41.5 Å². The van der Waals surface area contributed by atoms with Gasteiger partial charge in [-0.2, -0.15) is 0 Å². The van der Waals surface area contributed by atoms with Crippen LogP contribution in [0.4, 0.5) is 9.59 Å². The first-order chi connectivity index (χ1) is 8.39. The van der Waals surface area contributed by atoms with Crippen LogP contribution in [0.2, 0.25) is 0 Å². The number of ether oxygens (including phenoxy) is 3. The van der Waals surface area contributed by atoms with Gasteiger partial charge in [-0.15, -0.1) is 0 Å². The number of nitrogens with one attached hydrogen (secondary N) is 1. The first kappa shape index (κ1) is 17.2. The minimum absolute atomic E-state index is 0.478. The fraction of sp³-hybridized carbons (Fsp3) is 0.750. The van der Waals surface area contributed by atoms with Crippen molar-refractivity contribution in [3.05, 3.63) is 0 Å². The molecule has 0 unspecified atom stereocenters. The van der Waals surface area contributed by atoms with Crippen molar-refractivity contribution in [1.82, 2.24) is 5.32 Å². The molecule has 1 N–H and O–H groups in total. The van der Waals surface area contributed by atoms with E-state index in [9.17, 15) is 14.4 Å². The molecular formula is C12H21NO6. The molecule has 7 heteroatoms. The highest BCUT2D eigenvalue weighted by molar-refractivity contribution is 5.85. The van der Waals surface area contributed by atoms with Gasteiger partial charge in [-0.05, 0) is 41.5 Å². The zero-order valence-corrected chi connectivity index (χ0v) is 12.2. The number of carbonyl (C=O) groups is 3. The Morgan fingerprint density at radius 1 is 0.895 bits per heavy atom. The Balaban J connectivity index is 4.00. The Labute approximate surface area is 112 Å². The molecule has 0 heterocycles. The van der Waals surface area contributed by atoms with Crippen LogP contribution in [0, 0.1) is 0 Å². The van der Waals surface area contributed by atoms with Crippen LogP contribution in [-0.4, -0.2) is 36.0 Å². The number of alkyl carbamates (subject to hydrolysis) is 1. The van der Waals surface area contributed by atoms with Crippen LogP contribution >= 0.6 is 0 Å². The average Bonchev–Trinajstić information content (AvgIpc) is 2.08. The lowest BCUT2D eigenvalue weighted by atomic mass is 10.2. The summed E-state index contributed by atoms with van der Waals surface area (Å²) in [6, 6.07) is 0. The van der Waals surface area contributed by atoms with Crippen LogP contribution < -0.4 is 5.32 Å². The fourth-order valence-electron chi connectivity index (χ4n) is 0.858. The van der Waals surface area contributed by atoms with E-state index in [0.29, 0.717) is 0 Å². The van der Waals surface area contributed by atoms with E-state index < -0.39 is 36.0 Å². The van der Waals surface area contributed by atoms with Gasteiger partial charge in [0.25, 0.3) is 0 Å². The van der Waals surface area contributed by atoms with E-state index in [-0.39, 0.29) is 0 Å². The maximum Gasteiger partial charge on any atom is 0.516 e. The van der Waals surface area contributed by atoms with Crippen LogP contribution in [-0.2, 0) is 19.0 Å². The van der Waals surface area contributed by atoms with E-state index in [2.05, 4.69) is 10.1 Å². The second-order valence-corrected chi connectivity index (χ2v) is 5.79. The number of esters is 1. The predicted octanol–water partition coefficient (Wildman–Crippen LogP) is 1.99. The van der Waals surface area contributed by atoms with Gasteiger partial charge in [-0.25, -0.2) is 14.4 Å². The van der Waals surface area contributed by atoms with Gasteiger partial charge in [0, 0.05) is 0 Å². The summed E-state index contributed by atoms with van der Waals surface area (Å²) < 4.78 is 14.0. The van der Waals surface area contributed by atoms with E-state index >= 15 is 0 Å². The molecule has 0 saturated heterocycles. The average molecular weight is 275 g/mol. The van der Waals surface area contributed by atoms with Crippen LogP contribution in [0.1, 0.15) is 41.5 Å². The second-order valence-electron chi connectivity index (χ2n) is 5.79. The predicted molar refractivity (Wildman–Crippen MR) is 66.6 cm³/mol. The summed E-state index contributed by atoms with van der Waals surface area (Å²) in [6.07, 6.45) is -1.88. The Morgan fingerprint density at radius 3 is 1.79 bits per heavy atom. The first-order valence-electron chi connectivity index (χ1n) is 5.79. The molecule has 19 heavy (non-hydrogen) atoms. The Kier molecular flexibility index (Phi) is 5.80. The van der Waals surface area contributed by atoms with Gasteiger partial charge < -0.3 is 19.5 Å². The van der Waals surface area contributed by atoms with Gasteiger partial charge in [0.1, 0.15) is 17.7 Å². The Morgan fingerprint density at radius 2 is 1.37 bits per heavy atom. The van der Waals surface area contributed by atoms with Crippen LogP contribution in [0.5, 0.6) is 0 Å². The second kappa shape index (κ2) is 6.40. The quantitative estimate of drug-likeness (QED) is 0.612. The lowest BCUT2D eigenvalue weighted by Gasteiger charge is -2.20. The van der Waals surface area contributed by atoms with E-state index in [4.69, 9.17) is 9.47 Å². The molecule has 0 aromatic rings. The van der Waals surface area contributed by atoms with Gasteiger partial charge in [-0.1, -0.05) is 0 Å². The maximum absolute atomic E-state index is 11.2. The first-order valence-corrected chi connectivity index (χ1v) is 5.79. The van der Waals surface area contributed by atoms with Crippen molar-refractivity contribution in [2.45, 2.75) is 52.7 Å². The summed E-state index contributed by atoms with van der Waals surface area (Å²) in [7, 11) is 0. The zero-order chi connectivity index (χ0) is 15.3. The highest BCUT2D eigenvalue weighted by atomic mass is 16.7. The van der Waals surface area contributed by atoms with Gasteiger partial charge in [0.05, 0.1) is 0 Å². The third-order valence-corrected chi connectivity index (χ3v) is 1.36. The number of hydrogen-bond acceptors (Lipinski definition) is 6. The SMILES string of the molecule is CC(C)(C)OC(=O)NCC(=O)OC(=O)OC(C)(C)C. The van der Waals surface area contributed by atoms with Gasteiger partial charge in [-0.3, -0.25) is 0 Å². The molecule has 0 aliphatic heterocycles. The highest BCUT2D eigenvalue weighted by Gasteiger charge is 2.21. The molecule has 0 rings (SSSR count). The van der Waals surface area contributed by atoms with E-state index in [1.807, 2.05) is 0 Å². The van der Waals surface area contributed by atoms with Gasteiger partial charge >= 0.3 is 18.2 Å². The third-order valence-electron chi connectivity index (χ3n) is 1.36. The number of carbonyl (C=O) groups excluding carboxylic acids is 3. The van der Waals surface area contributed by atoms with E-state index in [0.717, 1.165) is 0 Å². The summed E-state index contributed by atoms with van der Waals surface area (Å²) >= 11 is 0. The summed E-state index contributed by atoms with van der Waals surface area (Å²) in [5, 5.41) is 2.16. The lowest BCUT2D eigenvalue weighted by Crippen LogP contribution is -2.37. The summed E-state index contributed by atoms with van der Waals surface area (Å²) in [5.41, 5.74) is -1.42. The third kappa shape index (κ3) is 11.1. The highest BCUT2D eigenvalue weighted by Crippen LogP contribution is 2.08. The molecule has 0 aliphatic rings. The molecule has 0 aromatic carbocycles. The molecule has 0 bridgehead atoms. The topological polar surface area (TPSA) is 90.9 Å². The molecule has 1 amide bonds. The summed E-state index contributed by atoms with van der Waals surface area (Å²) in [6.45, 7) is 9.49. The Hall–Kier alpha value is -1.79. The fourth-order valence-corrected chi connectivity index (χ4v) is 0.858. The Bertz CT molecular complexity index is 350. The van der Waals surface area contributed by atoms with E-state index in [1.165, 1.54) is 0 Å². The molecule has 7 nitrogen and oxygen atoms in total. The molecule has 0 aliphatic carbocycles. The molecule has 0 atom stereocenters. The van der Waals surface area contributed by atoms with Crippen molar-refractivity contribution < 1.29 is 28.6 Å². The smallest absolute Gasteiger partial charge is 0.444 e. The van der Waals surface area contributed by atoms with Crippen molar-refractivity contribution in [2.75, 3.05) is 6.54 Å². The molecule has 0 aromatic heterocycles. The van der Waals surface area contributed by atoms with Crippen LogP contribution in [0.15, 0.2) is 0 Å². The number of amides is 1. The minimum Gasteiger partial charge on any atom is -0.444 e. The molecule has 0 fully saturated rings. The largest absolute Gasteiger partial charge is 0.516 e. The molecule has 110 valence electrons. The van der Waals surface area contributed by atoms with Crippen LogP contribution in [0.25, 0.3) is 0 Å². The van der Waals surface area contributed by atoms with Crippen LogP contribution in [0.3, 0.4) is 0 Å². The summed E-state index contributed by atoms with van der Waals surface area (Å²) in [4.78, 5) is 33.6. The molecule has 0 spiro atoms. The molecule has 0 radical (unpaired) electrons. The summed E-state index contributed by atoms with van der Waals surface area (Å²) in [5.74, 6) is -0.930. The zero-order valence-electron chi connectivity index (χ0n) is 12.2. The van der Waals surface area contributed by atoms with Gasteiger partial charge in [0.15, 0.2) is 0 Å². The maximum atomic E-state index is 11.2. The van der Waals surface area contributed by atoms with Crippen molar-refractivity contribution in [2.24, 2.45) is 0 Å². The number of hydrogen-bond donors (Lipinski definition) is 1. The minimum atomic E-state index is -1.11. The van der Waals surface area contributed by atoms with Crippen molar-refractivity contribution in [3.63, 3.8) is 0 Å². The normalized spacial score (nSPS) is 11.5. The molecular weight excluding hydrogens is 254 g/mol. The van der Waals surface area contributed by atoms with Crippen molar-refractivity contribution in [1.29, 1.82) is 0 Å². The van der Waals surface area contributed by atoms with Gasteiger partial charge in [0.2, 0.25) is 0 Å². The monoisotopic (exact) mass is 275 g/mol. The molecule has 0 saturated carbocycles. The standard InChI is InChI=1S/C12H21NO6/c1-11(2,3)18-9(15)13-7-8(14)17-10(16)19-12(4,5)6/h7H2,1-6H3,(H,13,15).